The first-order valence-corrected chi connectivity index (χ1v) is 17.1. The topological polar surface area (TPSA) is 95.0 Å². The van der Waals surface area contributed by atoms with Crippen molar-refractivity contribution in [2.24, 2.45) is 5.41 Å². The highest BCUT2D eigenvalue weighted by molar-refractivity contribution is 7.23. The Bertz CT molecular complexity index is 1750. The molecule has 1 spiro atoms. The average Bonchev–Trinajstić information content (AvgIpc) is 3.77. The maximum atomic E-state index is 13.7. The van der Waals surface area contributed by atoms with E-state index in [1.807, 2.05) is 18.2 Å². The smallest absolute Gasteiger partial charge is 0.345 e. The molecule has 4 aliphatic rings. The molecule has 0 radical (unpaired) electrons. The Kier molecular flexibility index (Phi) is 6.96. The van der Waals surface area contributed by atoms with Crippen LogP contribution in [0.1, 0.15) is 61.7 Å². The van der Waals surface area contributed by atoms with Crippen molar-refractivity contribution in [1.29, 1.82) is 0 Å². The molecule has 0 saturated carbocycles. The van der Waals surface area contributed by atoms with Gasteiger partial charge in [0.2, 0.25) is 0 Å². The summed E-state index contributed by atoms with van der Waals surface area (Å²) in [5.41, 5.74) is 7.50. The molecule has 0 unspecified atom stereocenters. The minimum absolute atomic E-state index is 0.106. The lowest BCUT2D eigenvalue weighted by Gasteiger charge is -2.53. The molecule has 10 heteroatoms. The summed E-state index contributed by atoms with van der Waals surface area (Å²) in [5.74, 6) is -0.142. The highest BCUT2D eigenvalue weighted by atomic mass is 32.1. The molecule has 44 heavy (non-hydrogen) atoms. The molecule has 226 valence electrons. The summed E-state index contributed by atoms with van der Waals surface area (Å²) in [6.07, 6.45) is 6.02. The summed E-state index contributed by atoms with van der Waals surface area (Å²) < 4.78 is 5.60. The molecule has 2 fully saturated rings. The Balaban J connectivity index is 0.977. The van der Waals surface area contributed by atoms with Crippen LogP contribution in [0.3, 0.4) is 0 Å². The van der Waals surface area contributed by atoms with Gasteiger partial charge in [-0.1, -0.05) is 12.1 Å². The molecule has 8 nitrogen and oxygen atoms in total. The zero-order valence-electron chi connectivity index (χ0n) is 24.4. The molecule has 3 aromatic heterocycles. The molecule has 1 aromatic carbocycles. The zero-order valence-corrected chi connectivity index (χ0v) is 26.1. The third-order valence-electron chi connectivity index (χ3n) is 9.63. The number of nitrogens with zero attached hydrogens (tertiary/aromatic N) is 3. The van der Waals surface area contributed by atoms with E-state index in [9.17, 15) is 14.7 Å². The average molecular weight is 627 g/mol. The summed E-state index contributed by atoms with van der Waals surface area (Å²) in [7, 11) is 0. The van der Waals surface area contributed by atoms with Crippen LogP contribution in [0.5, 0.6) is 0 Å². The summed E-state index contributed by atoms with van der Waals surface area (Å²) in [6, 6.07) is 14.2. The lowest BCUT2D eigenvalue weighted by molar-refractivity contribution is -0.000520. The molecule has 0 bridgehead atoms. The number of thiophene rings is 2. The van der Waals surface area contributed by atoms with Crippen LogP contribution < -0.4 is 15.1 Å². The van der Waals surface area contributed by atoms with Crippen molar-refractivity contribution in [3.63, 3.8) is 0 Å². The van der Waals surface area contributed by atoms with Crippen LogP contribution in [0, 0.1) is 5.41 Å². The predicted octanol–water partition coefficient (Wildman–Crippen LogP) is 6.49. The Morgan fingerprint density at radius 1 is 1.00 bits per heavy atom. The fourth-order valence-electron chi connectivity index (χ4n) is 7.19. The minimum atomic E-state index is -0.863. The Hall–Kier alpha value is -3.73. The molecule has 3 aliphatic heterocycles. The van der Waals surface area contributed by atoms with Crippen molar-refractivity contribution in [2.75, 3.05) is 48.0 Å². The second-order valence-corrected chi connectivity index (χ2v) is 14.5. The van der Waals surface area contributed by atoms with Gasteiger partial charge in [0.05, 0.1) is 21.0 Å². The second-order valence-electron chi connectivity index (χ2n) is 12.5. The maximum absolute atomic E-state index is 13.7. The number of carboxylic acids is 1. The van der Waals surface area contributed by atoms with Crippen molar-refractivity contribution in [2.45, 2.75) is 45.1 Å². The normalized spacial score (nSPS) is 18.3. The first-order valence-electron chi connectivity index (χ1n) is 15.4. The van der Waals surface area contributed by atoms with Crippen LogP contribution in [0.15, 0.2) is 47.8 Å². The standard InChI is InChI=1S/C34H34N4O4S2/c39-32(25-16-22-2-1-3-26(22)36-31(25)38-19-34(20-38)10-13-42-14-11-34)35-24-6-4-21(5-7-24)18-37-12-8-23-17-28(33(40)41)44-29(23)30-27(37)9-15-43-30/h4-7,9,15-17H,1-3,8,10-14,18-20H2,(H,35,39)(H,40,41). The third-order valence-corrected chi connectivity index (χ3v) is 11.9. The SMILES string of the molecule is O=C(O)c1cc2c(s1)-c1sccc1N(Cc1ccc(NC(=O)c3cc4c(nc3N3CC5(CCOCC5)C3)CCC4)cc1)CC2. The fourth-order valence-corrected chi connectivity index (χ4v) is 9.35. The van der Waals surface area contributed by atoms with Gasteiger partial charge in [-0.3, -0.25) is 4.79 Å². The first kappa shape index (κ1) is 27.8. The van der Waals surface area contributed by atoms with Gasteiger partial charge in [0.1, 0.15) is 10.7 Å². The number of anilines is 3. The maximum Gasteiger partial charge on any atom is 0.345 e. The number of ether oxygens (including phenoxy) is 1. The van der Waals surface area contributed by atoms with Crippen LogP contribution in [-0.4, -0.2) is 54.8 Å². The van der Waals surface area contributed by atoms with E-state index in [2.05, 4.69) is 44.8 Å². The van der Waals surface area contributed by atoms with Crippen LogP contribution in [0.25, 0.3) is 9.75 Å². The molecule has 2 saturated heterocycles. The van der Waals surface area contributed by atoms with Gasteiger partial charge in [0.25, 0.3) is 5.91 Å². The van der Waals surface area contributed by atoms with Crippen molar-refractivity contribution in [1.82, 2.24) is 4.98 Å². The van der Waals surface area contributed by atoms with E-state index in [1.165, 1.54) is 16.9 Å². The number of aromatic nitrogens is 1. The lowest BCUT2D eigenvalue weighted by Crippen LogP contribution is -2.59. The van der Waals surface area contributed by atoms with E-state index >= 15 is 0 Å². The number of carboxylic acid groups (broad SMARTS) is 1. The van der Waals surface area contributed by atoms with Crippen LogP contribution in [-0.2, 0) is 30.5 Å². The molecule has 1 aliphatic carbocycles. The van der Waals surface area contributed by atoms with Gasteiger partial charge in [0.15, 0.2) is 0 Å². The summed E-state index contributed by atoms with van der Waals surface area (Å²) >= 11 is 3.03. The lowest BCUT2D eigenvalue weighted by atomic mass is 9.73. The van der Waals surface area contributed by atoms with Crippen molar-refractivity contribution in [3.8, 4) is 9.75 Å². The van der Waals surface area contributed by atoms with E-state index < -0.39 is 5.97 Å². The van der Waals surface area contributed by atoms with Crippen molar-refractivity contribution >= 4 is 51.7 Å². The molecule has 6 heterocycles. The number of amides is 1. The van der Waals surface area contributed by atoms with E-state index in [4.69, 9.17) is 9.72 Å². The second kappa shape index (κ2) is 11.0. The third kappa shape index (κ3) is 4.98. The molecule has 1 amide bonds. The van der Waals surface area contributed by atoms with Crippen LogP contribution in [0.4, 0.5) is 17.2 Å². The summed E-state index contributed by atoms with van der Waals surface area (Å²) in [4.78, 5) is 37.6. The monoisotopic (exact) mass is 626 g/mol. The molecule has 4 aromatic rings. The van der Waals surface area contributed by atoms with E-state index in [0.717, 1.165) is 122 Å². The molecule has 8 rings (SSSR count). The zero-order chi connectivity index (χ0) is 29.8. The fraction of sp³-hybridized carbons (Fsp3) is 0.382. The van der Waals surface area contributed by atoms with Gasteiger partial charge in [-0.05, 0) is 90.9 Å². The Morgan fingerprint density at radius 3 is 2.61 bits per heavy atom. The molecular weight excluding hydrogens is 593 g/mol. The van der Waals surface area contributed by atoms with Crippen molar-refractivity contribution < 1.29 is 19.4 Å². The molecule has 0 atom stereocenters. The van der Waals surface area contributed by atoms with Crippen molar-refractivity contribution in [3.05, 3.63) is 80.7 Å². The van der Waals surface area contributed by atoms with Gasteiger partial charge in [0, 0.05) is 56.2 Å². The van der Waals surface area contributed by atoms with Gasteiger partial charge < -0.3 is 25.0 Å². The highest BCUT2D eigenvalue weighted by Gasteiger charge is 2.45. The summed E-state index contributed by atoms with van der Waals surface area (Å²) in [6.45, 7) is 5.07. The molecule has 2 N–H and O–H groups in total. The number of carbonyl (C=O) groups is 2. The number of carbonyl (C=O) groups excluding carboxylic acids is 1. The van der Waals surface area contributed by atoms with Gasteiger partial charge in [-0.15, -0.1) is 22.7 Å². The quantitative estimate of drug-likeness (QED) is 0.253. The Morgan fingerprint density at radius 2 is 1.82 bits per heavy atom. The van der Waals surface area contributed by atoms with Gasteiger partial charge >= 0.3 is 5.97 Å². The number of hydrogen-bond donors (Lipinski definition) is 2. The Labute approximate surface area is 264 Å². The predicted molar refractivity (Wildman–Crippen MR) is 175 cm³/mol. The van der Waals surface area contributed by atoms with Gasteiger partial charge in [-0.25, -0.2) is 9.78 Å². The van der Waals surface area contributed by atoms with E-state index in [1.54, 1.807) is 11.3 Å². The number of nitrogens with one attached hydrogen (secondary N) is 1. The minimum Gasteiger partial charge on any atom is -0.477 e. The van der Waals surface area contributed by atoms with Crippen LogP contribution in [0.2, 0.25) is 0 Å². The van der Waals surface area contributed by atoms with Gasteiger partial charge in [-0.2, -0.15) is 0 Å². The number of benzene rings is 1. The number of hydrogen-bond acceptors (Lipinski definition) is 8. The first-order chi connectivity index (χ1) is 21.4. The number of aryl methyl sites for hydroxylation is 2. The van der Waals surface area contributed by atoms with E-state index in [0.29, 0.717) is 15.9 Å². The number of aromatic carboxylic acids is 1. The highest BCUT2D eigenvalue weighted by Crippen LogP contribution is 2.46. The number of fused-ring (bicyclic) bond motifs is 4. The van der Waals surface area contributed by atoms with E-state index in [-0.39, 0.29) is 5.91 Å². The summed E-state index contributed by atoms with van der Waals surface area (Å²) in [5, 5.41) is 14.7. The van der Waals surface area contributed by atoms with Crippen LogP contribution >= 0.6 is 22.7 Å². The largest absolute Gasteiger partial charge is 0.477 e. The number of pyridine rings is 1. The molecular formula is C34H34N4O4S2. The number of rotatable bonds is 6.